The predicted molar refractivity (Wildman–Crippen MR) is 67.4 cm³/mol. The molecule has 1 fully saturated rings. The molecule has 5 nitrogen and oxygen atoms in total. The van der Waals surface area contributed by atoms with Crippen LogP contribution in [0, 0.1) is 13.7 Å². The van der Waals surface area contributed by atoms with E-state index in [1.54, 1.807) is 12.1 Å². The molecule has 0 saturated heterocycles. The highest BCUT2D eigenvalue weighted by Gasteiger charge is 2.29. The summed E-state index contributed by atoms with van der Waals surface area (Å²) in [5.74, 6) is 0.335. The van der Waals surface area contributed by atoms with Crippen molar-refractivity contribution in [2.24, 2.45) is 5.73 Å². The highest BCUT2D eigenvalue weighted by Crippen LogP contribution is 2.32. The number of halogens is 1. The SMILES string of the molecule is NC1CC(Oc2ccc(I)cc2[N+](=O)[O-])C1. The van der Waals surface area contributed by atoms with E-state index in [4.69, 9.17) is 10.5 Å². The summed E-state index contributed by atoms with van der Waals surface area (Å²) in [5, 5.41) is 10.8. The van der Waals surface area contributed by atoms with Gasteiger partial charge in [0.1, 0.15) is 6.10 Å². The topological polar surface area (TPSA) is 78.4 Å². The van der Waals surface area contributed by atoms with Crippen molar-refractivity contribution in [2.75, 3.05) is 0 Å². The Morgan fingerprint density at radius 2 is 2.19 bits per heavy atom. The number of ether oxygens (including phenoxy) is 1. The van der Waals surface area contributed by atoms with E-state index in [-0.39, 0.29) is 17.8 Å². The second kappa shape index (κ2) is 4.54. The van der Waals surface area contributed by atoms with Gasteiger partial charge in [0.05, 0.1) is 4.92 Å². The molecule has 0 amide bonds. The third kappa shape index (κ3) is 2.43. The van der Waals surface area contributed by atoms with Crippen LogP contribution in [-0.2, 0) is 0 Å². The highest BCUT2D eigenvalue weighted by atomic mass is 127. The van der Waals surface area contributed by atoms with E-state index in [0.717, 1.165) is 16.4 Å². The predicted octanol–water partition coefficient (Wildman–Crippen LogP) is 2.07. The van der Waals surface area contributed by atoms with Crippen LogP contribution in [0.15, 0.2) is 18.2 Å². The van der Waals surface area contributed by atoms with Gasteiger partial charge in [0.25, 0.3) is 0 Å². The van der Waals surface area contributed by atoms with Crippen LogP contribution in [0.1, 0.15) is 12.8 Å². The summed E-state index contributed by atoms with van der Waals surface area (Å²) in [6, 6.07) is 5.12. The molecule has 0 bridgehead atoms. The number of hydrogen-bond acceptors (Lipinski definition) is 4. The molecule has 0 radical (unpaired) electrons. The summed E-state index contributed by atoms with van der Waals surface area (Å²) in [6.07, 6.45) is 1.56. The van der Waals surface area contributed by atoms with Crippen LogP contribution in [0.2, 0.25) is 0 Å². The molecular formula is C10H11IN2O3. The normalized spacial score (nSPS) is 23.6. The first-order valence-electron chi connectivity index (χ1n) is 4.92. The Morgan fingerprint density at radius 3 is 2.75 bits per heavy atom. The average Bonchev–Trinajstić information content (AvgIpc) is 2.17. The zero-order valence-corrected chi connectivity index (χ0v) is 10.6. The van der Waals surface area contributed by atoms with E-state index in [2.05, 4.69) is 0 Å². The molecule has 86 valence electrons. The van der Waals surface area contributed by atoms with E-state index in [1.165, 1.54) is 6.07 Å². The minimum absolute atomic E-state index is 0.0207. The van der Waals surface area contributed by atoms with Crippen molar-refractivity contribution < 1.29 is 9.66 Å². The van der Waals surface area contributed by atoms with Gasteiger partial charge >= 0.3 is 5.69 Å². The Morgan fingerprint density at radius 1 is 1.50 bits per heavy atom. The Bertz CT molecular complexity index is 419. The Hall–Kier alpha value is -0.890. The fourth-order valence-electron chi connectivity index (χ4n) is 1.61. The van der Waals surface area contributed by atoms with Crippen molar-refractivity contribution >= 4 is 28.3 Å². The molecule has 2 N–H and O–H groups in total. The van der Waals surface area contributed by atoms with Crippen molar-refractivity contribution in [3.05, 3.63) is 31.9 Å². The quantitative estimate of drug-likeness (QED) is 0.521. The maximum atomic E-state index is 10.8. The number of nitro benzene ring substituents is 1. The molecule has 1 aromatic rings. The lowest BCUT2D eigenvalue weighted by molar-refractivity contribution is -0.386. The molecule has 0 unspecified atom stereocenters. The monoisotopic (exact) mass is 334 g/mol. The molecule has 1 aliphatic rings. The first-order valence-corrected chi connectivity index (χ1v) is 6.00. The molecule has 0 atom stereocenters. The van der Waals surface area contributed by atoms with Gasteiger partial charge in [0.2, 0.25) is 0 Å². The van der Waals surface area contributed by atoms with Crippen LogP contribution in [0.5, 0.6) is 5.75 Å². The fraction of sp³-hybridized carbons (Fsp3) is 0.400. The highest BCUT2D eigenvalue weighted by molar-refractivity contribution is 14.1. The lowest BCUT2D eigenvalue weighted by atomic mass is 9.90. The number of nitro groups is 1. The minimum atomic E-state index is -0.421. The molecule has 16 heavy (non-hydrogen) atoms. The Labute approximate surface area is 106 Å². The van der Waals surface area contributed by atoms with Crippen molar-refractivity contribution in [1.29, 1.82) is 0 Å². The summed E-state index contributed by atoms with van der Waals surface area (Å²) < 4.78 is 6.36. The van der Waals surface area contributed by atoms with Crippen LogP contribution in [0.4, 0.5) is 5.69 Å². The first-order chi connectivity index (χ1) is 7.56. The molecule has 1 saturated carbocycles. The fourth-order valence-corrected chi connectivity index (χ4v) is 2.09. The van der Waals surface area contributed by atoms with Crippen LogP contribution in [0.3, 0.4) is 0 Å². The lowest BCUT2D eigenvalue weighted by Gasteiger charge is -2.32. The minimum Gasteiger partial charge on any atom is -0.483 e. The van der Waals surface area contributed by atoms with Crippen molar-refractivity contribution in [3.8, 4) is 5.75 Å². The van der Waals surface area contributed by atoms with Gasteiger partial charge in [-0.1, -0.05) is 0 Å². The first kappa shape index (κ1) is 11.6. The Balaban J connectivity index is 2.16. The number of rotatable bonds is 3. The van der Waals surface area contributed by atoms with Crippen LogP contribution in [-0.4, -0.2) is 17.1 Å². The van der Waals surface area contributed by atoms with Crippen LogP contribution >= 0.6 is 22.6 Å². The summed E-state index contributed by atoms with van der Waals surface area (Å²) in [7, 11) is 0. The molecule has 2 rings (SSSR count). The molecule has 6 heteroatoms. The molecule has 0 spiro atoms. The summed E-state index contributed by atoms with van der Waals surface area (Å²) in [6.45, 7) is 0. The third-order valence-corrected chi connectivity index (χ3v) is 3.21. The van der Waals surface area contributed by atoms with E-state index < -0.39 is 4.92 Å². The summed E-state index contributed by atoms with van der Waals surface area (Å²) in [5.41, 5.74) is 5.65. The number of nitrogens with zero attached hydrogens (tertiary/aromatic N) is 1. The standard InChI is InChI=1S/C10H11IN2O3/c11-6-1-2-10(9(3-6)13(14)15)16-8-4-7(12)5-8/h1-3,7-8H,4-5,12H2. The van der Waals surface area contributed by atoms with Crippen molar-refractivity contribution in [3.63, 3.8) is 0 Å². The van der Waals surface area contributed by atoms with Gasteiger partial charge in [-0.2, -0.15) is 0 Å². The molecule has 0 heterocycles. The molecular weight excluding hydrogens is 323 g/mol. The maximum Gasteiger partial charge on any atom is 0.311 e. The van der Waals surface area contributed by atoms with Gasteiger partial charge in [-0.15, -0.1) is 0 Å². The van der Waals surface area contributed by atoms with Crippen LogP contribution in [0.25, 0.3) is 0 Å². The smallest absolute Gasteiger partial charge is 0.311 e. The van der Waals surface area contributed by atoms with E-state index in [9.17, 15) is 10.1 Å². The maximum absolute atomic E-state index is 10.8. The summed E-state index contributed by atoms with van der Waals surface area (Å²) in [4.78, 5) is 10.4. The largest absolute Gasteiger partial charge is 0.483 e. The Kier molecular flexibility index (Phi) is 3.29. The summed E-state index contributed by atoms with van der Waals surface area (Å²) >= 11 is 2.04. The molecule has 0 aliphatic heterocycles. The average molecular weight is 334 g/mol. The van der Waals surface area contributed by atoms with Crippen molar-refractivity contribution in [2.45, 2.75) is 25.0 Å². The molecule has 1 aromatic carbocycles. The van der Waals surface area contributed by atoms with E-state index in [0.29, 0.717) is 5.75 Å². The molecule has 1 aliphatic carbocycles. The van der Waals surface area contributed by atoms with Gasteiger partial charge in [0.15, 0.2) is 5.75 Å². The lowest BCUT2D eigenvalue weighted by Crippen LogP contribution is -2.43. The van der Waals surface area contributed by atoms with Gasteiger partial charge in [-0.25, -0.2) is 0 Å². The van der Waals surface area contributed by atoms with E-state index >= 15 is 0 Å². The number of nitrogens with two attached hydrogens (primary N) is 1. The zero-order chi connectivity index (χ0) is 11.7. The van der Waals surface area contributed by atoms with E-state index in [1.807, 2.05) is 22.6 Å². The van der Waals surface area contributed by atoms with Gasteiger partial charge in [0, 0.05) is 15.7 Å². The third-order valence-electron chi connectivity index (χ3n) is 2.54. The van der Waals surface area contributed by atoms with Crippen LogP contribution < -0.4 is 10.5 Å². The van der Waals surface area contributed by atoms with Gasteiger partial charge in [-0.3, -0.25) is 10.1 Å². The number of hydrogen-bond donors (Lipinski definition) is 1. The zero-order valence-electron chi connectivity index (χ0n) is 8.43. The second-order valence-corrected chi connectivity index (χ2v) is 5.09. The van der Waals surface area contributed by atoms with Crippen molar-refractivity contribution in [1.82, 2.24) is 0 Å². The van der Waals surface area contributed by atoms with Gasteiger partial charge < -0.3 is 10.5 Å². The van der Waals surface area contributed by atoms with Gasteiger partial charge in [-0.05, 0) is 47.6 Å². The second-order valence-electron chi connectivity index (χ2n) is 3.84. The number of benzene rings is 1. The molecule has 0 aromatic heterocycles.